The quantitative estimate of drug-likeness (QED) is 0.663. The van der Waals surface area contributed by atoms with Gasteiger partial charge in [0.25, 0.3) is 0 Å². The summed E-state index contributed by atoms with van der Waals surface area (Å²) in [5.74, 6) is -0.00721. The highest BCUT2D eigenvalue weighted by molar-refractivity contribution is 7.10. The minimum absolute atomic E-state index is 0.00721. The lowest BCUT2D eigenvalue weighted by atomic mass is 10.0. The highest BCUT2D eigenvalue weighted by atomic mass is 32.1. The van der Waals surface area contributed by atoms with E-state index in [4.69, 9.17) is 0 Å². The number of amides is 1. The molecular weight excluding hydrogens is 330 g/mol. The van der Waals surface area contributed by atoms with Crippen LogP contribution in [-0.2, 0) is 17.6 Å². The molecule has 0 atom stereocenters. The molecule has 3 aromatic rings. The maximum Gasteiger partial charge on any atom is 0.229 e. The molecule has 4 nitrogen and oxygen atoms in total. The number of benzene rings is 1. The topological polar surface area (TPSA) is 57.8 Å². The van der Waals surface area contributed by atoms with Crippen LogP contribution in [-0.4, -0.2) is 16.1 Å². The Balaban J connectivity index is 1.92. The number of carbonyl (C=O) groups excluding carboxylic acids is 1. The van der Waals surface area contributed by atoms with Crippen molar-refractivity contribution in [2.24, 2.45) is 0 Å². The monoisotopic (exact) mass is 353 g/mol. The third-order valence-electron chi connectivity index (χ3n) is 4.16. The van der Waals surface area contributed by atoms with E-state index >= 15 is 0 Å². The fraction of sp³-hybridized carbons (Fsp3) is 0.300. The van der Waals surface area contributed by atoms with E-state index in [1.165, 1.54) is 5.56 Å². The first-order chi connectivity index (χ1) is 12.1. The predicted octanol–water partition coefficient (Wildman–Crippen LogP) is 4.89. The van der Waals surface area contributed by atoms with Crippen LogP contribution in [0.4, 0.5) is 5.69 Å². The summed E-state index contributed by atoms with van der Waals surface area (Å²) in [5, 5.41) is 12.7. The Bertz CT molecular complexity index is 865. The van der Waals surface area contributed by atoms with Crippen molar-refractivity contribution in [3.63, 3.8) is 0 Å². The molecule has 0 spiro atoms. The van der Waals surface area contributed by atoms with Gasteiger partial charge in [-0.1, -0.05) is 43.2 Å². The molecule has 0 aliphatic rings. The number of aromatic amines is 1. The number of anilines is 1. The van der Waals surface area contributed by atoms with Crippen LogP contribution < -0.4 is 5.32 Å². The summed E-state index contributed by atoms with van der Waals surface area (Å²) in [6, 6.07) is 10.2. The molecule has 1 amide bonds. The fourth-order valence-electron chi connectivity index (χ4n) is 2.97. The van der Waals surface area contributed by atoms with Gasteiger partial charge in [0.1, 0.15) is 5.69 Å². The van der Waals surface area contributed by atoms with Gasteiger partial charge in [-0.15, -0.1) is 11.3 Å². The van der Waals surface area contributed by atoms with Crippen molar-refractivity contribution in [1.82, 2.24) is 10.2 Å². The molecule has 25 heavy (non-hydrogen) atoms. The number of aryl methyl sites for hydroxylation is 3. The molecular formula is C20H23N3OS. The molecule has 0 aliphatic heterocycles. The van der Waals surface area contributed by atoms with Crippen molar-refractivity contribution >= 4 is 22.9 Å². The van der Waals surface area contributed by atoms with E-state index < -0.39 is 0 Å². The summed E-state index contributed by atoms with van der Waals surface area (Å²) < 4.78 is 0. The molecule has 130 valence electrons. The first-order valence-corrected chi connectivity index (χ1v) is 9.43. The standard InChI is InChI=1S/C20H23N3OS/c1-4-6-17-20(21-18(24)12-15-7-5-10-25-15)19(23-22-17)16-9-8-13(2)11-14(16)3/h5,7-11H,4,6,12H2,1-3H3,(H,21,24)(H,22,23). The Morgan fingerprint density at radius 1 is 1.28 bits per heavy atom. The van der Waals surface area contributed by atoms with Crippen molar-refractivity contribution in [2.75, 3.05) is 5.32 Å². The molecule has 2 heterocycles. The molecule has 2 N–H and O–H groups in total. The van der Waals surface area contributed by atoms with E-state index in [1.54, 1.807) is 11.3 Å². The minimum Gasteiger partial charge on any atom is -0.322 e. The van der Waals surface area contributed by atoms with Crippen molar-refractivity contribution in [3.05, 3.63) is 57.4 Å². The fourth-order valence-corrected chi connectivity index (χ4v) is 3.68. The van der Waals surface area contributed by atoms with Crippen molar-refractivity contribution in [3.8, 4) is 11.3 Å². The van der Waals surface area contributed by atoms with Crippen LogP contribution in [0.3, 0.4) is 0 Å². The van der Waals surface area contributed by atoms with Gasteiger partial charge in [0.15, 0.2) is 0 Å². The zero-order valence-corrected chi connectivity index (χ0v) is 15.7. The summed E-state index contributed by atoms with van der Waals surface area (Å²) in [7, 11) is 0. The highest BCUT2D eigenvalue weighted by Gasteiger charge is 2.18. The number of hydrogen-bond donors (Lipinski definition) is 2. The zero-order chi connectivity index (χ0) is 17.8. The van der Waals surface area contributed by atoms with Crippen molar-refractivity contribution < 1.29 is 4.79 Å². The molecule has 0 saturated heterocycles. The number of nitrogens with zero attached hydrogens (tertiary/aromatic N) is 1. The number of nitrogens with one attached hydrogen (secondary N) is 2. The van der Waals surface area contributed by atoms with E-state index in [9.17, 15) is 4.79 Å². The Kier molecular flexibility index (Phi) is 5.34. The van der Waals surface area contributed by atoms with Gasteiger partial charge < -0.3 is 5.32 Å². The number of hydrogen-bond acceptors (Lipinski definition) is 3. The van der Waals surface area contributed by atoms with Crippen LogP contribution in [0.15, 0.2) is 35.7 Å². The third kappa shape index (κ3) is 3.99. The lowest BCUT2D eigenvalue weighted by molar-refractivity contribution is -0.115. The largest absolute Gasteiger partial charge is 0.322 e. The average molecular weight is 353 g/mol. The van der Waals surface area contributed by atoms with Crippen LogP contribution in [0, 0.1) is 13.8 Å². The second kappa shape index (κ2) is 7.66. The van der Waals surface area contributed by atoms with E-state index in [0.717, 1.165) is 45.9 Å². The van der Waals surface area contributed by atoms with Gasteiger partial charge in [-0.05, 0) is 37.3 Å². The molecule has 1 aromatic carbocycles. The zero-order valence-electron chi connectivity index (χ0n) is 14.8. The lowest BCUT2D eigenvalue weighted by Crippen LogP contribution is -2.15. The highest BCUT2D eigenvalue weighted by Crippen LogP contribution is 2.32. The molecule has 0 saturated carbocycles. The van der Waals surface area contributed by atoms with Crippen molar-refractivity contribution in [2.45, 2.75) is 40.0 Å². The third-order valence-corrected chi connectivity index (χ3v) is 5.03. The molecule has 3 rings (SSSR count). The second-order valence-electron chi connectivity index (χ2n) is 6.30. The molecule has 0 aliphatic carbocycles. The van der Waals surface area contributed by atoms with Crippen LogP contribution in [0.25, 0.3) is 11.3 Å². The van der Waals surface area contributed by atoms with Gasteiger partial charge in [-0.3, -0.25) is 9.89 Å². The Labute approximate surface area is 152 Å². The van der Waals surface area contributed by atoms with Crippen LogP contribution in [0.1, 0.15) is 35.0 Å². The summed E-state index contributed by atoms with van der Waals surface area (Å²) in [6.07, 6.45) is 2.23. The summed E-state index contributed by atoms with van der Waals surface area (Å²) >= 11 is 1.60. The summed E-state index contributed by atoms with van der Waals surface area (Å²) in [6.45, 7) is 6.27. The molecule has 5 heteroatoms. The minimum atomic E-state index is -0.00721. The predicted molar refractivity (Wildman–Crippen MR) is 104 cm³/mol. The van der Waals surface area contributed by atoms with Crippen LogP contribution in [0.5, 0.6) is 0 Å². The van der Waals surface area contributed by atoms with Gasteiger partial charge >= 0.3 is 0 Å². The normalized spacial score (nSPS) is 10.8. The molecule has 0 fully saturated rings. The molecule has 0 radical (unpaired) electrons. The van der Waals surface area contributed by atoms with E-state index in [-0.39, 0.29) is 5.91 Å². The second-order valence-corrected chi connectivity index (χ2v) is 7.33. The molecule has 2 aromatic heterocycles. The number of rotatable bonds is 6. The van der Waals surface area contributed by atoms with E-state index in [1.807, 2.05) is 17.5 Å². The van der Waals surface area contributed by atoms with E-state index in [2.05, 4.69) is 54.5 Å². The maximum absolute atomic E-state index is 12.5. The van der Waals surface area contributed by atoms with Crippen molar-refractivity contribution in [1.29, 1.82) is 0 Å². The number of aromatic nitrogens is 2. The number of carbonyl (C=O) groups is 1. The first-order valence-electron chi connectivity index (χ1n) is 8.55. The first kappa shape index (κ1) is 17.4. The van der Waals surface area contributed by atoms with Gasteiger partial charge in [-0.25, -0.2) is 0 Å². The Hall–Kier alpha value is -2.40. The van der Waals surface area contributed by atoms with Gasteiger partial charge in [0.05, 0.1) is 17.8 Å². The Morgan fingerprint density at radius 3 is 2.80 bits per heavy atom. The summed E-state index contributed by atoms with van der Waals surface area (Å²) in [4.78, 5) is 13.6. The summed E-state index contributed by atoms with van der Waals surface area (Å²) in [5.41, 5.74) is 6.04. The van der Waals surface area contributed by atoms with E-state index in [0.29, 0.717) is 6.42 Å². The van der Waals surface area contributed by atoms with Gasteiger partial charge in [0.2, 0.25) is 5.91 Å². The number of H-pyrrole nitrogens is 1. The average Bonchev–Trinajstić information content (AvgIpc) is 3.19. The molecule has 0 bridgehead atoms. The van der Waals surface area contributed by atoms with Gasteiger partial charge in [0, 0.05) is 10.4 Å². The van der Waals surface area contributed by atoms with Gasteiger partial charge in [-0.2, -0.15) is 5.10 Å². The Morgan fingerprint density at radius 2 is 2.12 bits per heavy atom. The maximum atomic E-state index is 12.5. The smallest absolute Gasteiger partial charge is 0.229 e. The van der Waals surface area contributed by atoms with Crippen LogP contribution in [0.2, 0.25) is 0 Å². The number of thiophene rings is 1. The SMILES string of the molecule is CCCc1[nH]nc(-c2ccc(C)cc2C)c1NC(=O)Cc1cccs1. The lowest BCUT2D eigenvalue weighted by Gasteiger charge is -2.10. The van der Waals surface area contributed by atoms with Crippen LogP contribution >= 0.6 is 11.3 Å². The molecule has 0 unspecified atom stereocenters.